The summed E-state index contributed by atoms with van der Waals surface area (Å²) in [6.45, 7) is 6.43. The van der Waals surface area contributed by atoms with E-state index in [0.29, 0.717) is 0 Å². The van der Waals surface area contributed by atoms with Crippen LogP contribution < -0.4 is 5.32 Å². The molecule has 0 saturated heterocycles. The lowest BCUT2D eigenvalue weighted by Gasteiger charge is -2.25. The molecule has 14 heavy (non-hydrogen) atoms. The van der Waals surface area contributed by atoms with Gasteiger partial charge in [0.15, 0.2) is 0 Å². The van der Waals surface area contributed by atoms with Crippen LogP contribution >= 0.6 is 0 Å². The summed E-state index contributed by atoms with van der Waals surface area (Å²) in [5.74, 6) is 0.982. The molecule has 0 aromatic heterocycles. The van der Waals surface area contributed by atoms with E-state index in [-0.39, 0.29) is 0 Å². The zero-order chi connectivity index (χ0) is 10.1. The van der Waals surface area contributed by atoms with Gasteiger partial charge in [0.25, 0.3) is 0 Å². The highest BCUT2D eigenvalue weighted by Crippen LogP contribution is 2.24. The maximum Gasteiger partial charge on any atom is 0.0478 e. The molecule has 1 rings (SSSR count). The topological polar surface area (TPSA) is 21.3 Å². The van der Waals surface area contributed by atoms with E-state index in [2.05, 4.69) is 12.2 Å². The average molecular weight is 199 g/mol. The predicted octanol–water partition coefficient (Wildman–Crippen LogP) is 2.58. The van der Waals surface area contributed by atoms with Crippen molar-refractivity contribution in [2.75, 3.05) is 26.3 Å². The Labute approximate surface area is 88.4 Å². The van der Waals surface area contributed by atoms with Crippen molar-refractivity contribution >= 4 is 0 Å². The SMILES string of the molecule is CCCCOCCCNCC1CCC1. The third-order valence-electron chi connectivity index (χ3n) is 2.94. The summed E-state index contributed by atoms with van der Waals surface area (Å²) in [6, 6.07) is 0. The maximum atomic E-state index is 5.48. The Morgan fingerprint density at radius 1 is 1.21 bits per heavy atom. The molecule has 0 atom stereocenters. The van der Waals surface area contributed by atoms with Crippen molar-refractivity contribution in [3.8, 4) is 0 Å². The molecule has 0 radical (unpaired) electrons. The Morgan fingerprint density at radius 2 is 2.00 bits per heavy atom. The van der Waals surface area contributed by atoms with Crippen molar-refractivity contribution < 1.29 is 4.74 Å². The van der Waals surface area contributed by atoms with Gasteiger partial charge in [-0.1, -0.05) is 19.8 Å². The van der Waals surface area contributed by atoms with Gasteiger partial charge in [0.1, 0.15) is 0 Å². The highest BCUT2D eigenvalue weighted by molar-refractivity contribution is 4.71. The Kier molecular flexibility index (Phi) is 7.06. The molecule has 0 spiro atoms. The summed E-state index contributed by atoms with van der Waals surface area (Å²) in [5, 5.41) is 3.50. The Bertz CT molecular complexity index is 123. The predicted molar refractivity (Wildman–Crippen MR) is 60.6 cm³/mol. The quantitative estimate of drug-likeness (QED) is 0.576. The number of unbranched alkanes of at least 4 members (excludes halogenated alkanes) is 1. The molecule has 0 unspecified atom stereocenters. The van der Waals surface area contributed by atoms with E-state index in [1.165, 1.54) is 38.6 Å². The molecule has 1 N–H and O–H groups in total. The number of hydrogen-bond acceptors (Lipinski definition) is 2. The zero-order valence-electron chi connectivity index (χ0n) is 9.56. The third-order valence-corrected chi connectivity index (χ3v) is 2.94. The lowest BCUT2D eigenvalue weighted by molar-refractivity contribution is 0.128. The fourth-order valence-corrected chi connectivity index (χ4v) is 1.65. The van der Waals surface area contributed by atoms with Crippen LogP contribution in [0.3, 0.4) is 0 Å². The van der Waals surface area contributed by atoms with Crippen LogP contribution in [0.5, 0.6) is 0 Å². The highest BCUT2D eigenvalue weighted by Gasteiger charge is 2.15. The lowest BCUT2D eigenvalue weighted by Crippen LogP contribution is -2.28. The van der Waals surface area contributed by atoms with E-state index in [4.69, 9.17) is 4.74 Å². The first-order chi connectivity index (χ1) is 6.93. The van der Waals surface area contributed by atoms with E-state index in [0.717, 1.165) is 32.1 Å². The van der Waals surface area contributed by atoms with Crippen LogP contribution in [-0.2, 0) is 4.74 Å². The Balaban J connectivity index is 1.67. The molecule has 0 aromatic carbocycles. The van der Waals surface area contributed by atoms with Crippen LogP contribution in [0.4, 0.5) is 0 Å². The average Bonchev–Trinajstić information content (AvgIpc) is 2.13. The summed E-state index contributed by atoms with van der Waals surface area (Å²) in [4.78, 5) is 0. The smallest absolute Gasteiger partial charge is 0.0478 e. The van der Waals surface area contributed by atoms with Crippen LogP contribution in [0.15, 0.2) is 0 Å². The van der Waals surface area contributed by atoms with E-state index in [9.17, 15) is 0 Å². The summed E-state index contributed by atoms with van der Waals surface area (Å²) < 4.78 is 5.48. The fourth-order valence-electron chi connectivity index (χ4n) is 1.65. The second-order valence-corrected chi connectivity index (χ2v) is 4.32. The number of nitrogens with one attached hydrogen (secondary N) is 1. The Morgan fingerprint density at radius 3 is 2.64 bits per heavy atom. The number of rotatable bonds is 9. The molecule has 2 nitrogen and oxygen atoms in total. The fraction of sp³-hybridized carbons (Fsp3) is 1.00. The molecule has 1 saturated carbocycles. The first kappa shape index (κ1) is 12.0. The molecule has 1 aliphatic rings. The van der Waals surface area contributed by atoms with Crippen molar-refractivity contribution in [3.63, 3.8) is 0 Å². The van der Waals surface area contributed by atoms with Crippen molar-refractivity contribution in [2.45, 2.75) is 45.4 Å². The molecule has 1 fully saturated rings. The monoisotopic (exact) mass is 199 g/mol. The standard InChI is InChI=1S/C12H25NO/c1-2-3-9-14-10-5-8-13-11-12-6-4-7-12/h12-13H,2-11H2,1H3. The molecular weight excluding hydrogens is 174 g/mol. The van der Waals surface area contributed by atoms with Crippen molar-refractivity contribution in [3.05, 3.63) is 0 Å². The van der Waals surface area contributed by atoms with E-state index in [1.54, 1.807) is 0 Å². The summed E-state index contributed by atoms with van der Waals surface area (Å²) in [7, 11) is 0. The van der Waals surface area contributed by atoms with Crippen molar-refractivity contribution in [1.29, 1.82) is 0 Å². The number of ether oxygens (including phenoxy) is 1. The van der Waals surface area contributed by atoms with Gasteiger partial charge >= 0.3 is 0 Å². The normalized spacial score (nSPS) is 16.9. The van der Waals surface area contributed by atoms with Gasteiger partial charge in [0, 0.05) is 13.2 Å². The summed E-state index contributed by atoms with van der Waals surface area (Å²) in [6.07, 6.45) is 7.94. The first-order valence-corrected chi connectivity index (χ1v) is 6.22. The molecule has 0 heterocycles. The second-order valence-electron chi connectivity index (χ2n) is 4.32. The molecule has 0 aromatic rings. The third kappa shape index (κ3) is 5.61. The Hall–Kier alpha value is -0.0800. The summed E-state index contributed by atoms with van der Waals surface area (Å²) in [5.41, 5.74) is 0. The van der Waals surface area contributed by atoms with Gasteiger partial charge in [0.05, 0.1) is 0 Å². The van der Waals surface area contributed by atoms with Gasteiger partial charge in [0.2, 0.25) is 0 Å². The van der Waals surface area contributed by atoms with E-state index in [1.807, 2.05) is 0 Å². The molecule has 2 heteroatoms. The van der Waals surface area contributed by atoms with Gasteiger partial charge in [-0.25, -0.2) is 0 Å². The van der Waals surface area contributed by atoms with Crippen LogP contribution in [0.1, 0.15) is 45.4 Å². The van der Waals surface area contributed by atoms with Gasteiger partial charge in [-0.2, -0.15) is 0 Å². The van der Waals surface area contributed by atoms with Crippen molar-refractivity contribution in [1.82, 2.24) is 5.32 Å². The highest BCUT2D eigenvalue weighted by atomic mass is 16.5. The molecule has 1 aliphatic carbocycles. The maximum absolute atomic E-state index is 5.48. The summed E-state index contributed by atoms with van der Waals surface area (Å²) >= 11 is 0. The minimum atomic E-state index is 0.928. The molecular formula is C12H25NO. The minimum absolute atomic E-state index is 0.928. The largest absolute Gasteiger partial charge is 0.381 e. The van der Waals surface area contributed by atoms with Crippen LogP contribution in [0.2, 0.25) is 0 Å². The van der Waals surface area contributed by atoms with Crippen LogP contribution in [0.25, 0.3) is 0 Å². The molecule has 0 amide bonds. The van der Waals surface area contributed by atoms with Crippen LogP contribution in [-0.4, -0.2) is 26.3 Å². The first-order valence-electron chi connectivity index (χ1n) is 6.22. The van der Waals surface area contributed by atoms with Gasteiger partial charge in [-0.05, 0) is 44.7 Å². The van der Waals surface area contributed by atoms with Gasteiger partial charge in [-0.3, -0.25) is 0 Å². The number of hydrogen-bond donors (Lipinski definition) is 1. The molecule has 0 bridgehead atoms. The molecule has 0 aliphatic heterocycles. The van der Waals surface area contributed by atoms with Gasteiger partial charge in [-0.15, -0.1) is 0 Å². The van der Waals surface area contributed by atoms with Gasteiger partial charge < -0.3 is 10.1 Å². The second kappa shape index (κ2) is 8.25. The van der Waals surface area contributed by atoms with Crippen molar-refractivity contribution in [2.24, 2.45) is 5.92 Å². The van der Waals surface area contributed by atoms with E-state index >= 15 is 0 Å². The lowest BCUT2D eigenvalue weighted by atomic mass is 9.85. The van der Waals surface area contributed by atoms with Crippen LogP contribution in [0, 0.1) is 5.92 Å². The van der Waals surface area contributed by atoms with E-state index < -0.39 is 0 Å². The molecule has 84 valence electrons. The minimum Gasteiger partial charge on any atom is -0.381 e. The zero-order valence-corrected chi connectivity index (χ0v) is 9.56.